The Bertz CT molecular complexity index is 667. The van der Waals surface area contributed by atoms with E-state index in [2.05, 4.69) is 33.8 Å². The molecule has 4 aliphatic rings. The summed E-state index contributed by atoms with van der Waals surface area (Å²) in [7, 11) is 0. The lowest BCUT2D eigenvalue weighted by Crippen LogP contribution is -2.54. The van der Waals surface area contributed by atoms with E-state index in [1.807, 2.05) is 13.8 Å². The number of aliphatic hydroxyl groups is 2. The number of rotatable bonds is 5. The van der Waals surface area contributed by atoms with Crippen molar-refractivity contribution in [3.8, 4) is 0 Å². The molecule has 0 aromatic rings. The molecule has 4 aliphatic carbocycles. The Balaban J connectivity index is 0.00000132. The van der Waals surface area contributed by atoms with Crippen LogP contribution in [0.3, 0.4) is 0 Å². The molecule has 0 aromatic carbocycles. The molecule has 2 N–H and O–H groups in total. The zero-order chi connectivity index (χ0) is 23.0. The van der Waals surface area contributed by atoms with Crippen LogP contribution in [-0.2, 0) is 4.79 Å². The van der Waals surface area contributed by atoms with E-state index in [4.69, 9.17) is 0 Å². The van der Waals surface area contributed by atoms with Gasteiger partial charge >= 0.3 is 0 Å². The molecular weight excluding hydrogens is 384 g/mol. The van der Waals surface area contributed by atoms with Gasteiger partial charge in [0.05, 0.1) is 12.2 Å². The Morgan fingerprint density at radius 2 is 1.87 bits per heavy atom. The molecule has 0 bridgehead atoms. The molecule has 3 heteroatoms. The van der Waals surface area contributed by atoms with Crippen molar-refractivity contribution in [2.45, 2.75) is 118 Å². The van der Waals surface area contributed by atoms with Crippen molar-refractivity contribution in [2.24, 2.45) is 40.4 Å². The molecule has 0 spiro atoms. The highest BCUT2D eigenvalue weighted by molar-refractivity contribution is 5.85. The van der Waals surface area contributed by atoms with Gasteiger partial charge in [-0.25, -0.2) is 0 Å². The predicted molar refractivity (Wildman–Crippen MR) is 128 cm³/mol. The van der Waals surface area contributed by atoms with Crippen molar-refractivity contribution in [1.82, 2.24) is 0 Å². The maximum atomic E-state index is 13.6. The fourth-order valence-corrected chi connectivity index (χ4v) is 7.95. The summed E-state index contributed by atoms with van der Waals surface area (Å²) in [5, 5.41) is 20.3. The molecule has 8 atom stereocenters. The predicted octanol–water partition coefficient (Wildman–Crippen LogP) is 6.32. The van der Waals surface area contributed by atoms with Crippen LogP contribution in [0.2, 0.25) is 0 Å². The minimum Gasteiger partial charge on any atom is -0.393 e. The minimum absolute atomic E-state index is 0.0139. The van der Waals surface area contributed by atoms with Crippen LogP contribution in [0.15, 0.2) is 11.6 Å². The Morgan fingerprint density at radius 3 is 2.55 bits per heavy atom. The summed E-state index contributed by atoms with van der Waals surface area (Å²) in [6, 6.07) is 0. The topological polar surface area (TPSA) is 57.5 Å². The van der Waals surface area contributed by atoms with Gasteiger partial charge in [0.1, 0.15) is 5.78 Å². The molecule has 3 fully saturated rings. The largest absolute Gasteiger partial charge is 0.393 e. The van der Waals surface area contributed by atoms with E-state index in [1.54, 1.807) is 0 Å². The third-order valence-electron chi connectivity index (χ3n) is 9.78. The first-order chi connectivity index (χ1) is 14.7. The van der Waals surface area contributed by atoms with Gasteiger partial charge in [-0.05, 0) is 85.9 Å². The number of allylic oxidation sites excluding steroid dienone is 1. The highest BCUT2D eigenvalue weighted by Crippen LogP contribution is 2.65. The fraction of sp³-hybridized carbons (Fsp3) is 0.893. The van der Waals surface area contributed by atoms with Gasteiger partial charge in [-0.3, -0.25) is 4.79 Å². The van der Waals surface area contributed by atoms with Crippen molar-refractivity contribution in [3.05, 3.63) is 11.6 Å². The maximum Gasteiger partial charge on any atom is 0.137 e. The van der Waals surface area contributed by atoms with Gasteiger partial charge < -0.3 is 10.2 Å². The van der Waals surface area contributed by atoms with Crippen LogP contribution in [0.25, 0.3) is 0 Å². The summed E-state index contributed by atoms with van der Waals surface area (Å²) in [4.78, 5) is 13.6. The summed E-state index contributed by atoms with van der Waals surface area (Å²) < 4.78 is 0. The van der Waals surface area contributed by atoms with E-state index in [9.17, 15) is 15.0 Å². The van der Waals surface area contributed by atoms with Crippen molar-refractivity contribution in [1.29, 1.82) is 0 Å². The van der Waals surface area contributed by atoms with Crippen molar-refractivity contribution in [3.63, 3.8) is 0 Å². The zero-order valence-electron chi connectivity index (χ0n) is 21.0. The molecule has 3 nitrogen and oxygen atoms in total. The highest BCUT2D eigenvalue weighted by atomic mass is 16.3. The number of Topliss-reactive ketones (excluding diaryl/α,β-unsaturated/α-hetero) is 1. The summed E-state index contributed by atoms with van der Waals surface area (Å²) >= 11 is 0. The zero-order valence-corrected chi connectivity index (χ0v) is 21.0. The number of fused-ring (bicyclic) bond motifs is 5. The van der Waals surface area contributed by atoms with Gasteiger partial charge in [0, 0.05) is 12.3 Å². The Kier molecular flexibility index (Phi) is 7.79. The molecule has 0 aromatic heterocycles. The first kappa shape index (κ1) is 25.0. The molecule has 4 rings (SSSR count). The fourth-order valence-electron chi connectivity index (χ4n) is 7.95. The smallest absolute Gasteiger partial charge is 0.137 e. The second-order valence-electron chi connectivity index (χ2n) is 11.7. The lowest BCUT2D eigenvalue weighted by molar-refractivity contribution is -0.144. The van der Waals surface area contributed by atoms with E-state index in [0.717, 1.165) is 51.4 Å². The highest BCUT2D eigenvalue weighted by Gasteiger charge is 2.61. The van der Waals surface area contributed by atoms with Crippen LogP contribution in [0.4, 0.5) is 0 Å². The molecule has 3 saturated carbocycles. The summed E-state index contributed by atoms with van der Waals surface area (Å²) in [5.74, 6) is 2.80. The summed E-state index contributed by atoms with van der Waals surface area (Å²) in [6.45, 7) is 12.9. The Hall–Kier alpha value is -0.670. The number of hydrogen-bond acceptors (Lipinski definition) is 3. The maximum absolute atomic E-state index is 13.6. The number of ketones is 1. The molecular formula is C28H48O3. The van der Waals surface area contributed by atoms with E-state index in [1.165, 1.54) is 18.4 Å². The van der Waals surface area contributed by atoms with Crippen molar-refractivity contribution >= 4 is 5.78 Å². The molecule has 0 aliphatic heterocycles. The van der Waals surface area contributed by atoms with Crippen LogP contribution in [-0.4, -0.2) is 28.2 Å². The lowest BCUT2D eigenvalue weighted by Gasteiger charge is -2.57. The van der Waals surface area contributed by atoms with Gasteiger partial charge in [-0.1, -0.05) is 59.6 Å². The van der Waals surface area contributed by atoms with Crippen LogP contribution in [0.1, 0.15) is 106 Å². The van der Waals surface area contributed by atoms with E-state index < -0.39 is 0 Å². The third-order valence-corrected chi connectivity index (χ3v) is 9.78. The van der Waals surface area contributed by atoms with Gasteiger partial charge in [0.15, 0.2) is 0 Å². The molecule has 0 saturated heterocycles. The first-order valence-electron chi connectivity index (χ1n) is 13.2. The standard InChI is InChI=1S/C26H42O3.C2H6/c1-16(2)22(28)7-5-6-17-9-11-21-20-10-8-18-14-19(27)12-13-25(18,3)24(20)23(29)15-26(17,21)4;1-2/h8,16-17,19-22,24,27-28H,5-7,9-15H2,1-4H3;1-2H3. The molecule has 0 radical (unpaired) electrons. The Labute approximate surface area is 191 Å². The number of hydrogen-bond donors (Lipinski definition) is 2. The van der Waals surface area contributed by atoms with Crippen molar-refractivity contribution in [2.75, 3.05) is 0 Å². The Morgan fingerprint density at radius 1 is 1.16 bits per heavy atom. The molecule has 8 unspecified atom stereocenters. The third kappa shape index (κ3) is 4.43. The van der Waals surface area contributed by atoms with Gasteiger partial charge in [0.25, 0.3) is 0 Å². The summed E-state index contributed by atoms with van der Waals surface area (Å²) in [6.07, 6.45) is 12.0. The first-order valence-corrected chi connectivity index (χ1v) is 13.2. The van der Waals surface area contributed by atoms with E-state index >= 15 is 0 Å². The van der Waals surface area contributed by atoms with Crippen LogP contribution in [0, 0.1) is 40.4 Å². The lowest BCUT2D eigenvalue weighted by atomic mass is 9.47. The van der Waals surface area contributed by atoms with Crippen LogP contribution in [0.5, 0.6) is 0 Å². The quantitative estimate of drug-likeness (QED) is 0.500. The second-order valence-corrected chi connectivity index (χ2v) is 11.7. The normalized spacial score (nSPS) is 42.7. The summed E-state index contributed by atoms with van der Waals surface area (Å²) in [5.41, 5.74) is 1.50. The minimum atomic E-state index is -0.216. The van der Waals surface area contributed by atoms with E-state index in [-0.39, 0.29) is 29.0 Å². The van der Waals surface area contributed by atoms with E-state index in [0.29, 0.717) is 29.5 Å². The average molecular weight is 433 g/mol. The molecule has 178 valence electrons. The number of carbonyl (C=O) groups is 1. The second kappa shape index (κ2) is 9.67. The number of carbonyl (C=O) groups excluding carboxylic acids is 1. The van der Waals surface area contributed by atoms with Gasteiger partial charge in [0.2, 0.25) is 0 Å². The average Bonchev–Trinajstić information content (AvgIpc) is 3.05. The van der Waals surface area contributed by atoms with Crippen LogP contribution >= 0.6 is 0 Å². The van der Waals surface area contributed by atoms with Gasteiger partial charge in [-0.2, -0.15) is 0 Å². The van der Waals surface area contributed by atoms with Crippen molar-refractivity contribution < 1.29 is 15.0 Å². The molecule has 0 heterocycles. The number of aliphatic hydroxyl groups excluding tert-OH is 2. The molecule has 0 amide bonds. The van der Waals surface area contributed by atoms with Gasteiger partial charge in [-0.15, -0.1) is 0 Å². The molecule has 31 heavy (non-hydrogen) atoms. The monoisotopic (exact) mass is 432 g/mol. The van der Waals surface area contributed by atoms with Crippen LogP contribution < -0.4 is 0 Å². The SMILES string of the molecule is CC.CC(C)C(O)CCCC1CCC2C3CC=C4CC(O)CCC4(C)C3C(=O)CC12C.